The minimum Gasteiger partial charge on any atom is -0.449 e. The maximum atomic E-state index is 13.3. The van der Waals surface area contributed by atoms with Crippen LogP contribution in [0.4, 0.5) is 15.4 Å². The molecule has 13 nitrogen and oxygen atoms in total. The number of ether oxygens (including phenoxy) is 1. The van der Waals surface area contributed by atoms with Crippen molar-refractivity contribution in [2.75, 3.05) is 44.2 Å². The Morgan fingerprint density at radius 1 is 1.00 bits per heavy atom. The molecule has 3 aliphatic heterocycles. The zero-order valence-electron chi connectivity index (χ0n) is 27.9. The highest BCUT2D eigenvalue weighted by atomic mass is 32.2. The van der Waals surface area contributed by atoms with Crippen molar-refractivity contribution in [1.29, 1.82) is 0 Å². The average molecular weight is 680 g/mol. The highest BCUT2D eigenvalue weighted by Crippen LogP contribution is 2.34. The van der Waals surface area contributed by atoms with Gasteiger partial charge in [0, 0.05) is 51.1 Å². The first kappa shape index (κ1) is 33.9. The van der Waals surface area contributed by atoms with Gasteiger partial charge in [0.2, 0.25) is 15.9 Å². The molecule has 4 heterocycles. The van der Waals surface area contributed by atoms with Gasteiger partial charge in [0.15, 0.2) is 5.82 Å². The summed E-state index contributed by atoms with van der Waals surface area (Å²) in [5.41, 5.74) is 3.27. The van der Waals surface area contributed by atoms with Crippen molar-refractivity contribution in [2.24, 2.45) is 13.0 Å². The van der Waals surface area contributed by atoms with E-state index in [1.165, 1.54) is 14.8 Å². The number of anilines is 1. The zero-order valence-corrected chi connectivity index (χ0v) is 28.7. The number of likely N-dealkylation sites (tertiary alicyclic amines) is 1. The number of rotatable bonds is 9. The molecule has 0 unspecified atom stereocenters. The van der Waals surface area contributed by atoms with Crippen LogP contribution in [0.3, 0.4) is 0 Å². The molecule has 3 aliphatic rings. The number of urea groups is 1. The maximum Gasteiger partial charge on any atom is 0.407 e. The number of imide groups is 1. The minimum atomic E-state index is -3.62. The number of nitrogens with zero attached hydrogens (tertiary/aromatic N) is 5. The number of hydrogen-bond acceptors (Lipinski definition) is 8. The molecule has 14 heteroatoms. The Labute approximate surface area is 281 Å². The monoisotopic (exact) mass is 679 g/mol. The number of benzene rings is 2. The summed E-state index contributed by atoms with van der Waals surface area (Å²) in [5.74, 6) is 0.953. The number of amides is 4. The summed E-state index contributed by atoms with van der Waals surface area (Å²) >= 11 is 0. The molecule has 3 fully saturated rings. The lowest BCUT2D eigenvalue weighted by Crippen LogP contribution is -2.49. The number of hydrogen-bond donors (Lipinski definition) is 2. The van der Waals surface area contributed by atoms with Gasteiger partial charge in [0.25, 0.3) is 0 Å². The van der Waals surface area contributed by atoms with Gasteiger partial charge < -0.3 is 10.1 Å². The Kier molecular flexibility index (Phi) is 10.0. The van der Waals surface area contributed by atoms with Crippen LogP contribution in [0, 0.1) is 5.92 Å². The van der Waals surface area contributed by atoms with E-state index < -0.39 is 22.1 Å². The van der Waals surface area contributed by atoms with Crippen molar-refractivity contribution in [3.63, 3.8) is 0 Å². The summed E-state index contributed by atoms with van der Waals surface area (Å²) in [6.45, 7) is 7.91. The summed E-state index contributed by atoms with van der Waals surface area (Å²) in [6.07, 6.45) is 2.89. The Balaban J connectivity index is 0.999. The number of aryl methyl sites for hydroxylation is 1. The fraction of sp³-hybridized carbons (Fsp3) is 0.529. The summed E-state index contributed by atoms with van der Waals surface area (Å²) < 4.78 is 35.2. The normalized spacial score (nSPS) is 19.2. The zero-order chi connectivity index (χ0) is 34.0. The Morgan fingerprint density at radius 2 is 1.71 bits per heavy atom. The van der Waals surface area contributed by atoms with Crippen LogP contribution in [-0.2, 0) is 33.1 Å². The number of fused-ring (bicyclic) bond motifs is 1. The van der Waals surface area contributed by atoms with Crippen LogP contribution >= 0.6 is 0 Å². The van der Waals surface area contributed by atoms with Gasteiger partial charge in [-0.2, -0.15) is 9.40 Å². The third-order valence-electron chi connectivity index (χ3n) is 9.52. The summed E-state index contributed by atoms with van der Waals surface area (Å²) in [7, 11) is -1.75. The van der Waals surface area contributed by atoms with Crippen molar-refractivity contribution in [1.82, 2.24) is 29.6 Å². The van der Waals surface area contributed by atoms with E-state index in [0.29, 0.717) is 50.8 Å². The van der Waals surface area contributed by atoms with Gasteiger partial charge in [-0.1, -0.05) is 32.0 Å². The Bertz CT molecular complexity index is 1760. The molecule has 0 aliphatic carbocycles. The summed E-state index contributed by atoms with van der Waals surface area (Å²) in [6, 6.07) is 13.0. The molecule has 0 spiro atoms. The third-order valence-corrected chi connectivity index (χ3v) is 11.4. The van der Waals surface area contributed by atoms with Gasteiger partial charge in [0.05, 0.1) is 17.0 Å². The number of piperidine rings is 2. The number of alkyl carbamates (subject to hydrolysis) is 1. The van der Waals surface area contributed by atoms with Gasteiger partial charge in [-0.3, -0.25) is 24.6 Å². The van der Waals surface area contributed by atoms with Gasteiger partial charge in [0.1, 0.15) is 0 Å². The first-order valence-electron chi connectivity index (χ1n) is 16.8. The highest BCUT2D eigenvalue weighted by Gasteiger charge is 2.31. The van der Waals surface area contributed by atoms with Gasteiger partial charge in [-0.05, 0) is 86.0 Å². The molecule has 0 bridgehead atoms. The van der Waals surface area contributed by atoms with E-state index in [4.69, 9.17) is 4.74 Å². The predicted octanol–water partition coefficient (Wildman–Crippen LogP) is 3.93. The molecular formula is C34H45N7O6S. The average Bonchev–Trinajstić information content (AvgIpc) is 3.39. The predicted molar refractivity (Wildman–Crippen MR) is 181 cm³/mol. The second-order valence-electron chi connectivity index (χ2n) is 13.5. The fourth-order valence-corrected chi connectivity index (χ4v) is 8.23. The second kappa shape index (κ2) is 14.2. The van der Waals surface area contributed by atoms with Crippen LogP contribution in [0.5, 0.6) is 0 Å². The topological polar surface area (TPSA) is 146 Å². The lowest BCUT2D eigenvalue weighted by Gasteiger charge is -2.32. The number of carbonyl (C=O) groups excluding carboxylic acids is 3. The summed E-state index contributed by atoms with van der Waals surface area (Å²) in [4.78, 5) is 40.2. The molecule has 3 aromatic rings. The van der Waals surface area contributed by atoms with Crippen LogP contribution in [0.15, 0.2) is 47.4 Å². The first-order chi connectivity index (χ1) is 23.0. The fourth-order valence-electron chi connectivity index (χ4n) is 6.76. The Morgan fingerprint density at radius 3 is 2.38 bits per heavy atom. The molecule has 4 amide bonds. The second-order valence-corrected chi connectivity index (χ2v) is 15.4. The minimum absolute atomic E-state index is 0.100. The van der Waals surface area contributed by atoms with E-state index in [9.17, 15) is 22.8 Å². The Hall–Kier alpha value is -4.01. The van der Waals surface area contributed by atoms with Crippen LogP contribution in [0.25, 0.3) is 10.9 Å². The molecule has 258 valence electrons. The quantitative estimate of drug-likeness (QED) is 0.346. The van der Waals surface area contributed by atoms with Crippen molar-refractivity contribution in [2.45, 2.75) is 69.4 Å². The lowest BCUT2D eigenvalue weighted by atomic mass is 9.89. The smallest absolute Gasteiger partial charge is 0.407 e. The molecule has 0 radical (unpaired) electrons. The molecular weight excluding hydrogens is 634 g/mol. The third kappa shape index (κ3) is 7.50. The molecule has 6 rings (SSSR count). The maximum absolute atomic E-state index is 13.3. The van der Waals surface area contributed by atoms with E-state index in [0.717, 1.165) is 48.9 Å². The summed E-state index contributed by atoms with van der Waals surface area (Å²) in [5, 5.41) is 10.7. The lowest BCUT2D eigenvalue weighted by molar-refractivity contribution is -0.120. The van der Waals surface area contributed by atoms with Crippen LogP contribution in [-0.4, -0.2) is 90.8 Å². The molecule has 0 saturated carbocycles. The van der Waals surface area contributed by atoms with Crippen molar-refractivity contribution in [3.05, 3.63) is 53.6 Å². The molecule has 2 N–H and O–H groups in total. The molecule has 48 heavy (non-hydrogen) atoms. The molecule has 0 atom stereocenters. The van der Waals surface area contributed by atoms with E-state index in [1.54, 1.807) is 16.8 Å². The number of aromatic nitrogens is 2. The van der Waals surface area contributed by atoms with E-state index in [1.807, 2.05) is 39.1 Å². The first-order valence-corrected chi connectivity index (χ1v) is 18.2. The van der Waals surface area contributed by atoms with Crippen molar-refractivity contribution >= 4 is 44.8 Å². The standard InChI is InChI=1S/C34H45N7O6S/c1-23(2)22-47-34(44)35-27-12-17-40(18-13-27)48(45,46)28-7-4-24(5-8-28)21-39-15-10-25(11-16-39)26-6-9-29-30(20-26)38(3)37-32(29)41-19-14-31(42)36-33(41)43/h4-9,20,23,25,27H,10-19,21-22H2,1-3H3,(H,35,44)(H,36,42,43). The van der Waals surface area contributed by atoms with E-state index in [-0.39, 0.29) is 29.2 Å². The van der Waals surface area contributed by atoms with E-state index in [2.05, 4.69) is 32.8 Å². The van der Waals surface area contributed by atoms with Gasteiger partial charge in [-0.15, -0.1) is 0 Å². The SMILES string of the molecule is CC(C)COC(=O)NC1CCN(S(=O)(=O)c2ccc(CN3CCC(c4ccc5c(N6CCC(=O)NC6=O)nn(C)c5c4)CC3)cc2)CC1. The van der Waals surface area contributed by atoms with Gasteiger partial charge in [-0.25, -0.2) is 18.0 Å². The molecule has 3 saturated heterocycles. The largest absolute Gasteiger partial charge is 0.449 e. The van der Waals surface area contributed by atoms with E-state index >= 15 is 0 Å². The van der Waals surface area contributed by atoms with Gasteiger partial charge >= 0.3 is 12.1 Å². The number of sulfonamides is 1. The molecule has 1 aromatic heterocycles. The van der Waals surface area contributed by atoms with Crippen LogP contribution in [0.2, 0.25) is 0 Å². The number of carbonyl (C=O) groups is 3. The molecule has 2 aromatic carbocycles. The highest BCUT2D eigenvalue weighted by molar-refractivity contribution is 7.89. The van der Waals surface area contributed by atoms with Crippen molar-refractivity contribution < 1.29 is 27.5 Å². The van der Waals surface area contributed by atoms with Crippen molar-refractivity contribution in [3.8, 4) is 0 Å². The van der Waals surface area contributed by atoms with Crippen LogP contribution < -0.4 is 15.5 Å². The van der Waals surface area contributed by atoms with Crippen LogP contribution in [0.1, 0.15) is 63.0 Å². The number of nitrogens with one attached hydrogen (secondary N) is 2.